The highest BCUT2D eigenvalue weighted by molar-refractivity contribution is 7.86. The molecular formula is C16H22ClN5O3S. The van der Waals surface area contributed by atoms with E-state index in [2.05, 4.69) is 15.6 Å². The summed E-state index contributed by atoms with van der Waals surface area (Å²) in [6, 6.07) is 7.30. The van der Waals surface area contributed by atoms with Gasteiger partial charge in [-0.15, -0.1) is 0 Å². The summed E-state index contributed by atoms with van der Waals surface area (Å²) in [7, 11) is 0.595. The molecule has 1 heterocycles. The Labute approximate surface area is 158 Å². The van der Waals surface area contributed by atoms with Gasteiger partial charge in [0.25, 0.3) is 10.2 Å². The van der Waals surface area contributed by atoms with Crippen molar-refractivity contribution in [1.82, 2.24) is 18.9 Å². The maximum absolute atomic E-state index is 11.9. The molecule has 8 nitrogen and oxygen atoms in total. The summed E-state index contributed by atoms with van der Waals surface area (Å²) in [5.74, 6) is -0.369. The molecule has 0 aliphatic rings. The molecule has 0 radical (unpaired) electrons. The molecule has 2 N–H and O–H groups in total. The lowest BCUT2D eigenvalue weighted by Crippen LogP contribution is -2.44. The van der Waals surface area contributed by atoms with Gasteiger partial charge >= 0.3 is 0 Å². The van der Waals surface area contributed by atoms with E-state index < -0.39 is 10.2 Å². The first-order chi connectivity index (χ1) is 12.2. The predicted molar refractivity (Wildman–Crippen MR) is 103 cm³/mol. The van der Waals surface area contributed by atoms with Crippen LogP contribution in [0.5, 0.6) is 0 Å². The fraction of sp³-hybridized carbons (Fsp3) is 0.375. The molecular weight excluding hydrogens is 378 g/mol. The first-order valence-electron chi connectivity index (χ1n) is 7.90. The van der Waals surface area contributed by atoms with Gasteiger partial charge in [-0.2, -0.15) is 17.0 Å². The number of fused-ring (bicyclic) bond motifs is 1. The zero-order valence-corrected chi connectivity index (χ0v) is 16.4. The highest BCUT2D eigenvalue weighted by Gasteiger charge is 2.22. The van der Waals surface area contributed by atoms with Crippen LogP contribution in [0.15, 0.2) is 30.5 Å². The van der Waals surface area contributed by atoms with Gasteiger partial charge in [-0.05, 0) is 24.3 Å². The fourth-order valence-electron chi connectivity index (χ4n) is 2.29. The molecule has 1 amide bonds. The molecule has 1 aromatic heterocycles. The maximum Gasteiger partial charge on any atom is 0.281 e. The van der Waals surface area contributed by atoms with Gasteiger partial charge in [-0.1, -0.05) is 11.6 Å². The topological polar surface area (TPSA) is 94.6 Å². The molecule has 10 heteroatoms. The van der Waals surface area contributed by atoms with Crippen molar-refractivity contribution in [3.63, 3.8) is 0 Å². The average molecular weight is 400 g/mol. The number of carbonyl (C=O) groups is 1. The summed E-state index contributed by atoms with van der Waals surface area (Å²) in [6.07, 6.45) is 1.68. The number of anilines is 1. The summed E-state index contributed by atoms with van der Waals surface area (Å²) < 4.78 is 25.8. The number of nitrogens with one attached hydrogen (secondary N) is 2. The lowest BCUT2D eigenvalue weighted by atomic mass is 10.2. The average Bonchev–Trinajstić information content (AvgIpc) is 2.58. The van der Waals surface area contributed by atoms with Crippen LogP contribution in [0.4, 0.5) is 5.69 Å². The van der Waals surface area contributed by atoms with E-state index in [-0.39, 0.29) is 12.5 Å². The minimum atomic E-state index is -3.60. The molecule has 0 atom stereocenters. The standard InChI is InChI=1S/C16H22ClN5O3S/c1-21(2)26(24,25)22(3)11-16(23)20-9-8-19-14-6-7-18-15-10-12(17)4-5-13(14)15/h4-7,10H,8-9,11H2,1-3H3,(H,18,19)(H,20,23). The van der Waals surface area contributed by atoms with E-state index in [0.717, 1.165) is 25.2 Å². The number of rotatable bonds is 8. The molecule has 0 saturated carbocycles. The van der Waals surface area contributed by atoms with Crippen molar-refractivity contribution in [2.24, 2.45) is 0 Å². The van der Waals surface area contributed by atoms with Crippen LogP contribution in [0, 0.1) is 0 Å². The molecule has 0 aliphatic heterocycles. The fourth-order valence-corrected chi connectivity index (χ4v) is 3.30. The van der Waals surface area contributed by atoms with E-state index in [1.54, 1.807) is 18.3 Å². The third-order valence-corrected chi connectivity index (χ3v) is 5.76. The number of nitrogens with zero attached hydrogens (tertiary/aromatic N) is 3. The van der Waals surface area contributed by atoms with Crippen molar-refractivity contribution in [2.75, 3.05) is 46.1 Å². The van der Waals surface area contributed by atoms with E-state index in [1.807, 2.05) is 12.1 Å². The summed E-state index contributed by atoms with van der Waals surface area (Å²) >= 11 is 5.97. The number of aromatic nitrogens is 1. The molecule has 0 spiro atoms. The van der Waals surface area contributed by atoms with Crippen molar-refractivity contribution in [3.05, 3.63) is 35.5 Å². The zero-order valence-electron chi connectivity index (χ0n) is 14.9. The lowest BCUT2D eigenvalue weighted by Gasteiger charge is -2.20. The molecule has 0 fully saturated rings. The summed E-state index contributed by atoms with van der Waals surface area (Å²) in [5, 5.41) is 7.46. The van der Waals surface area contributed by atoms with Crippen molar-refractivity contribution < 1.29 is 13.2 Å². The van der Waals surface area contributed by atoms with E-state index in [9.17, 15) is 13.2 Å². The van der Waals surface area contributed by atoms with Crippen LogP contribution in [0.2, 0.25) is 5.02 Å². The van der Waals surface area contributed by atoms with Crippen LogP contribution in [-0.4, -0.2) is 68.7 Å². The highest BCUT2D eigenvalue weighted by atomic mass is 35.5. The summed E-state index contributed by atoms with van der Waals surface area (Å²) in [5.41, 5.74) is 1.66. The lowest BCUT2D eigenvalue weighted by molar-refractivity contribution is -0.121. The highest BCUT2D eigenvalue weighted by Crippen LogP contribution is 2.23. The first kappa shape index (κ1) is 20.4. The predicted octanol–water partition coefficient (Wildman–Crippen LogP) is 1.15. The van der Waals surface area contributed by atoms with Gasteiger partial charge in [0.2, 0.25) is 5.91 Å². The number of hydrogen-bond donors (Lipinski definition) is 2. The number of halogens is 1. The monoisotopic (exact) mass is 399 g/mol. The molecule has 0 aliphatic carbocycles. The van der Waals surface area contributed by atoms with E-state index in [1.165, 1.54) is 21.1 Å². The summed E-state index contributed by atoms with van der Waals surface area (Å²) in [6.45, 7) is 0.598. The van der Waals surface area contributed by atoms with Crippen LogP contribution in [0.3, 0.4) is 0 Å². The van der Waals surface area contributed by atoms with Crippen LogP contribution in [0.25, 0.3) is 10.9 Å². The quantitative estimate of drug-likeness (QED) is 0.649. The Bertz CT molecular complexity index is 889. The van der Waals surface area contributed by atoms with Gasteiger partial charge in [0.15, 0.2) is 0 Å². The number of pyridine rings is 1. The molecule has 0 saturated heterocycles. The third kappa shape index (κ3) is 5.04. The molecule has 142 valence electrons. The number of likely N-dealkylation sites (N-methyl/N-ethyl adjacent to an activating group) is 1. The molecule has 2 aromatic rings. The molecule has 1 aromatic carbocycles. The van der Waals surface area contributed by atoms with Gasteiger partial charge in [0.05, 0.1) is 12.1 Å². The van der Waals surface area contributed by atoms with Gasteiger partial charge in [0.1, 0.15) is 0 Å². The Balaban J connectivity index is 1.85. The Hall–Kier alpha value is -1.94. The van der Waals surface area contributed by atoms with E-state index in [4.69, 9.17) is 11.6 Å². The third-order valence-electron chi connectivity index (χ3n) is 3.69. The maximum atomic E-state index is 11.9. The van der Waals surface area contributed by atoms with Gasteiger partial charge in [-0.3, -0.25) is 9.78 Å². The second-order valence-electron chi connectivity index (χ2n) is 5.84. The van der Waals surface area contributed by atoms with Crippen LogP contribution >= 0.6 is 11.6 Å². The van der Waals surface area contributed by atoms with Crippen LogP contribution in [0.1, 0.15) is 0 Å². The minimum absolute atomic E-state index is 0.239. The zero-order chi connectivity index (χ0) is 19.3. The largest absolute Gasteiger partial charge is 0.383 e. The van der Waals surface area contributed by atoms with Gasteiger partial charge < -0.3 is 10.6 Å². The van der Waals surface area contributed by atoms with Crippen LogP contribution < -0.4 is 10.6 Å². The smallest absolute Gasteiger partial charge is 0.281 e. The van der Waals surface area contributed by atoms with Gasteiger partial charge in [0, 0.05) is 56.5 Å². The van der Waals surface area contributed by atoms with E-state index in [0.29, 0.717) is 18.1 Å². The van der Waals surface area contributed by atoms with Crippen molar-refractivity contribution >= 4 is 44.3 Å². The molecule has 0 unspecified atom stereocenters. The Kier molecular flexibility index (Phi) is 6.76. The molecule has 0 bridgehead atoms. The first-order valence-corrected chi connectivity index (χ1v) is 9.68. The van der Waals surface area contributed by atoms with E-state index >= 15 is 0 Å². The SMILES string of the molecule is CN(C)S(=O)(=O)N(C)CC(=O)NCCNc1ccnc2cc(Cl)ccc12. The van der Waals surface area contributed by atoms with Crippen molar-refractivity contribution in [3.8, 4) is 0 Å². The molecule has 26 heavy (non-hydrogen) atoms. The number of amides is 1. The summed E-state index contributed by atoms with van der Waals surface area (Å²) in [4.78, 5) is 16.2. The Morgan fingerprint density at radius 3 is 2.62 bits per heavy atom. The van der Waals surface area contributed by atoms with Crippen LogP contribution in [-0.2, 0) is 15.0 Å². The second kappa shape index (κ2) is 8.63. The molecule has 2 rings (SSSR count). The van der Waals surface area contributed by atoms with Crippen molar-refractivity contribution in [2.45, 2.75) is 0 Å². The van der Waals surface area contributed by atoms with Crippen molar-refractivity contribution in [1.29, 1.82) is 0 Å². The number of hydrogen-bond acceptors (Lipinski definition) is 5. The van der Waals surface area contributed by atoms with Gasteiger partial charge in [-0.25, -0.2) is 0 Å². The number of carbonyl (C=O) groups excluding carboxylic acids is 1. The number of benzene rings is 1. The Morgan fingerprint density at radius 1 is 1.19 bits per heavy atom. The minimum Gasteiger partial charge on any atom is -0.383 e. The Morgan fingerprint density at radius 2 is 1.92 bits per heavy atom. The second-order valence-corrected chi connectivity index (χ2v) is 8.53. The normalized spacial score (nSPS) is 11.9.